The van der Waals surface area contributed by atoms with E-state index in [2.05, 4.69) is 43.1 Å². The second-order valence-corrected chi connectivity index (χ2v) is 10.9. The third-order valence-electron chi connectivity index (χ3n) is 7.33. The minimum atomic E-state index is -0.000727. The monoisotopic (exact) mass is 505 g/mol. The molecule has 0 amide bonds. The summed E-state index contributed by atoms with van der Waals surface area (Å²) in [4.78, 5) is 2.57. The number of allylic oxidation sites excluding steroid dienone is 4. The van der Waals surface area contributed by atoms with Crippen LogP contribution in [0.2, 0.25) is 0 Å². The van der Waals surface area contributed by atoms with Crippen LogP contribution in [0, 0.1) is 0 Å². The van der Waals surface area contributed by atoms with E-state index in [0.717, 1.165) is 32.6 Å². The lowest BCUT2D eigenvalue weighted by atomic mass is 10.1. The molecule has 212 valence electrons. The number of hydrogen-bond donors (Lipinski definition) is 0. The van der Waals surface area contributed by atoms with E-state index in [0.29, 0.717) is 0 Å². The SMILES string of the molecule is CCCCC/C=C\C/C=C\CCCCCCCCOC(CCN1CCCC1)OCCCCCCCC. The predicted octanol–water partition coefficient (Wildman–Crippen LogP) is 10.0. The van der Waals surface area contributed by atoms with Crippen LogP contribution in [0.1, 0.15) is 149 Å². The number of hydrogen-bond acceptors (Lipinski definition) is 3. The molecule has 0 aliphatic carbocycles. The van der Waals surface area contributed by atoms with Crippen molar-refractivity contribution in [3.63, 3.8) is 0 Å². The molecule has 1 aliphatic heterocycles. The lowest BCUT2D eigenvalue weighted by Crippen LogP contribution is -2.27. The zero-order chi connectivity index (χ0) is 25.8. The summed E-state index contributed by atoms with van der Waals surface area (Å²) in [5.41, 5.74) is 0. The van der Waals surface area contributed by atoms with Gasteiger partial charge in [0.1, 0.15) is 0 Å². The highest BCUT2D eigenvalue weighted by Gasteiger charge is 2.15. The summed E-state index contributed by atoms with van der Waals surface area (Å²) in [6, 6.07) is 0. The Hall–Kier alpha value is -0.640. The Balaban J connectivity index is 1.99. The van der Waals surface area contributed by atoms with Gasteiger partial charge in [0.25, 0.3) is 0 Å². The first-order valence-electron chi connectivity index (χ1n) is 16.1. The highest BCUT2D eigenvalue weighted by atomic mass is 16.7. The molecule has 0 aromatic rings. The lowest BCUT2D eigenvalue weighted by molar-refractivity contribution is -0.149. The molecule has 1 fully saturated rings. The van der Waals surface area contributed by atoms with Gasteiger partial charge in [0.2, 0.25) is 0 Å². The topological polar surface area (TPSA) is 21.7 Å². The average Bonchev–Trinajstić information content (AvgIpc) is 3.41. The van der Waals surface area contributed by atoms with E-state index in [-0.39, 0.29) is 6.29 Å². The molecule has 1 heterocycles. The fourth-order valence-electron chi connectivity index (χ4n) is 4.91. The van der Waals surface area contributed by atoms with Crippen molar-refractivity contribution in [2.24, 2.45) is 0 Å². The van der Waals surface area contributed by atoms with E-state index in [9.17, 15) is 0 Å². The number of nitrogens with zero attached hydrogens (tertiary/aromatic N) is 1. The molecule has 1 atom stereocenters. The van der Waals surface area contributed by atoms with Crippen molar-refractivity contribution < 1.29 is 9.47 Å². The van der Waals surface area contributed by atoms with Crippen LogP contribution in [0.3, 0.4) is 0 Å². The highest BCUT2D eigenvalue weighted by Crippen LogP contribution is 2.13. The van der Waals surface area contributed by atoms with Crippen molar-refractivity contribution in [2.75, 3.05) is 32.8 Å². The molecule has 0 spiro atoms. The molecule has 0 bridgehead atoms. The molecule has 1 aliphatic rings. The number of rotatable bonds is 27. The predicted molar refractivity (Wildman–Crippen MR) is 159 cm³/mol. The van der Waals surface area contributed by atoms with Crippen LogP contribution in [-0.4, -0.2) is 44.0 Å². The average molecular weight is 506 g/mol. The summed E-state index contributed by atoms with van der Waals surface area (Å²) in [6.07, 6.45) is 36.5. The minimum absolute atomic E-state index is 0.000727. The number of unbranched alkanes of at least 4 members (excludes halogenated alkanes) is 14. The fraction of sp³-hybridized carbons (Fsp3) is 0.879. The van der Waals surface area contributed by atoms with Gasteiger partial charge in [-0.15, -0.1) is 0 Å². The van der Waals surface area contributed by atoms with Crippen LogP contribution in [0.4, 0.5) is 0 Å². The Morgan fingerprint density at radius 1 is 0.583 bits per heavy atom. The molecule has 3 heteroatoms. The molecular weight excluding hydrogens is 442 g/mol. The molecule has 0 aromatic heterocycles. The third-order valence-corrected chi connectivity index (χ3v) is 7.33. The van der Waals surface area contributed by atoms with Crippen molar-refractivity contribution in [3.8, 4) is 0 Å². The van der Waals surface area contributed by atoms with E-state index in [4.69, 9.17) is 9.47 Å². The molecule has 0 N–H and O–H groups in total. The van der Waals surface area contributed by atoms with Crippen LogP contribution in [-0.2, 0) is 9.47 Å². The van der Waals surface area contributed by atoms with Gasteiger partial charge in [0.05, 0.1) is 0 Å². The second-order valence-electron chi connectivity index (χ2n) is 10.9. The minimum Gasteiger partial charge on any atom is -0.353 e. The summed E-state index contributed by atoms with van der Waals surface area (Å²) in [7, 11) is 0. The summed E-state index contributed by atoms with van der Waals surface area (Å²) in [5, 5.41) is 0. The van der Waals surface area contributed by atoms with Crippen LogP contribution in [0.5, 0.6) is 0 Å². The number of ether oxygens (including phenoxy) is 2. The van der Waals surface area contributed by atoms with Crippen LogP contribution < -0.4 is 0 Å². The van der Waals surface area contributed by atoms with Gasteiger partial charge in [-0.2, -0.15) is 0 Å². The Morgan fingerprint density at radius 2 is 1.06 bits per heavy atom. The van der Waals surface area contributed by atoms with Crippen LogP contribution in [0.15, 0.2) is 24.3 Å². The first kappa shape index (κ1) is 33.4. The normalized spacial score (nSPS) is 15.6. The van der Waals surface area contributed by atoms with Gasteiger partial charge in [-0.05, 0) is 70.9 Å². The smallest absolute Gasteiger partial charge is 0.158 e. The zero-order valence-electron chi connectivity index (χ0n) is 24.5. The van der Waals surface area contributed by atoms with Crippen LogP contribution in [0.25, 0.3) is 0 Å². The van der Waals surface area contributed by atoms with Crippen LogP contribution >= 0.6 is 0 Å². The van der Waals surface area contributed by atoms with Gasteiger partial charge in [0.15, 0.2) is 6.29 Å². The molecule has 0 aromatic carbocycles. The Morgan fingerprint density at radius 3 is 1.64 bits per heavy atom. The van der Waals surface area contributed by atoms with Gasteiger partial charge >= 0.3 is 0 Å². The molecule has 36 heavy (non-hydrogen) atoms. The summed E-state index contributed by atoms with van der Waals surface area (Å²) in [6.45, 7) is 9.91. The summed E-state index contributed by atoms with van der Waals surface area (Å²) < 4.78 is 12.4. The van der Waals surface area contributed by atoms with Gasteiger partial charge in [-0.25, -0.2) is 0 Å². The maximum absolute atomic E-state index is 6.20. The molecule has 0 saturated carbocycles. The molecule has 1 unspecified atom stereocenters. The van der Waals surface area contributed by atoms with Crippen molar-refractivity contribution in [1.29, 1.82) is 0 Å². The quantitative estimate of drug-likeness (QED) is 0.0629. The van der Waals surface area contributed by atoms with Gasteiger partial charge < -0.3 is 14.4 Å². The maximum atomic E-state index is 6.20. The molecular formula is C33H63NO2. The lowest BCUT2D eigenvalue weighted by Gasteiger charge is -2.22. The largest absolute Gasteiger partial charge is 0.353 e. The molecule has 1 rings (SSSR count). The van der Waals surface area contributed by atoms with Crippen molar-refractivity contribution in [1.82, 2.24) is 4.90 Å². The molecule has 1 saturated heterocycles. The Bertz CT molecular complexity index is 484. The van der Waals surface area contributed by atoms with E-state index >= 15 is 0 Å². The van der Waals surface area contributed by atoms with Gasteiger partial charge in [0, 0.05) is 26.2 Å². The number of likely N-dealkylation sites (tertiary alicyclic amines) is 1. The summed E-state index contributed by atoms with van der Waals surface area (Å²) in [5.74, 6) is 0. The second kappa shape index (κ2) is 27.4. The summed E-state index contributed by atoms with van der Waals surface area (Å²) >= 11 is 0. The first-order valence-corrected chi connectivity index (χ1v) is 16.1. The van der Waals surface area contributed by atoms with Crippen molar-refractivity contribution in [3.05, 3.63) is 24.3 Å². The Labute approximate surface area is 226 Å². The fourth-order valence-corrected chi connectivity index (χ4v) is 4.91. The highest BCUT2D eigenvalue weighted by molar-refractivity contribution is 4.92. The van der Waals surface area contributed by atoms with E-state index in [1.807, 2.05) is 0 Å². The van der Waals surface area contributed by atoms with Gasteiger partial charge in [-0.3, -0.25) is 0 Å². The standard InChI is InChI=1S/C33H63NO2/c1-3-5-7-9-11-12-13-14-15-16-17-18-19-20-22-26-32-36-33(27-30-34-28-23-24-29-34)35-31-25-21-10-8-6-4-2/h11-12,14-15,33H,3-10,13,16-32H2,1-2H3/b12-11-,15-14-. The molecule has 3 nitrogen and oxygen atoms in total. The zero-order valence-corrected chi connectivity index (χ0v) is 24.5. The van der Waals surface area contributed by atoms with Gasteiger partial charge in [-0.1, -0.05) is 109 Å². The molecule has 0 radical (unpaired) electrons. The first-order chi connectivity index (χ1) is 17.9. The van der Waals surface area contributed by atoms with E-state index in [1.54, 1.807) is 0 Å². The maximum Gasteiger partial charge on any atom is 0.158 e. The van der Waals surface area contributed by atoms with E-state index < -0.39 is 0 Å². The third kappa shape index (κ3) is 22.5. The van der Waals surface area contributed by atoms with Crippen molar-refractivity contribution >= 4 is 0 Å². The van der Waals surface area contributed by atoms with E-state index in [1.165, 1.54) is 135 Å². The Kier molecular flexibility index (Phi) is 25.4. The van der Waals surface area contributed by atoms with Crippen molar-refractivity contribution in [2.45, 2.75) is 155 Å².